The fraction of sp³-hybridized carbons (Fsp3) is 0.136. The second-order valence-corrected chi connectivity index (χ2v) is 7.26. The van der Waals surface area contributed by atoms with E-state index in [1.54, 1.807) is 0 Å². The molecule has 1 aliphatic rings. The summed E-state index contributed by atoms with van der Waals surface area (Å²) in [6.07, 6.45) is 0. The van der Waals surface area contributed by atoms with E-state index in [2.05, 4.69) is 15.9 Å². The molecule has 0 unspecified atom stereocenters. The van der Waals surface area contributed by atoms with Crippen molar-refractivity contribution in [1.29, 1.82) is 0 Å². The summed E-state index contributed by atoms with van der Waals surface area (Å²) in [4.78, 5) is 15.0. The number of ether oxygens (including phenoxy) is 2. The van der Waals surface area contributed by atoms with E-state index in [4.69, 9.17) is 9.47 Å². The van der Waals surface area contributed by atoms with Crippen LogP contribution >= 0.6 is 15.9 Å². The van der Waals surface area contributed by atoms with Gasteiger partial charge in [-0.1, -0.05) is 58.4 Å². The molecule has 0 bridgehead atoms. The van der Waals surface area contributed by atoms with E-state index in [0.29, 0.717) is 18.7 Å². The molecule has 0 aliphatic carbocycles. The smallest absolute Gasteiger partial charge is 0.254 e. The largest absolute Gasteiger partial charge is 0.454 e. The molecule has 5 heteroatoms. The number of carbonyl (C=O) groups is 1. The third-order valence-corrected chi connectivity index (χ3v) is 4.88. The predicted octanol–water partition coefficient (Wildman–Crippen LogP) is 5.02. The maximum absolute atomic E-state index is 13.2. The van der Waals surface area contributed by atoms with E-state index in [0.717, 1.165) is 27.1 Å². The molecule has 0 atom stereocenters. The Morgan fingerprint density at radius 2 is 1.63 bits per heavy atom. The van der Waals surface area contributed by atoms with Crippen molar-refractivity contribution in [2.75, 3.05) is 6.79 Å². The topological polar surface area (TPSA) is 38.8 Å². The summed E-state index contributed by atoms with van der Waals surface area (Å²) in [6.45, 7) is 1.25. The highest BCUT2D eigenvalue weighted by Gasteiger charge is 2.19. The molecule has 3 aromatic rings. The normalized spacial score (nSPS) is 12.0. The van der Waals surface area contributed by atoms with Crippen LogP contribution in [-0.4, -0.2) is 17.6 Å². The van der Waals surface area contributed by atoms with Gasteiger partial charge in [0, 0.05) is 23.1 Å². The van der Waals surface area contributed by atoms with Crippen LogP contribution in [0.3, 0.4) is 0 Å². The van der Waals surface area contributed by atoms with E-state index < -0.39 is 0 Å². The molecular formula is C22H18BrNO3. The predicted molar refractivity (Wildman–Crippen MR) is 107 cm³/mol. The Hall–Kier alpha value is -2.79. The molecule has 0 aromatic heterocycles. The van der Waals surface area contributed by atoms with Crippen LogP contribution in [0, 0.1) is 0 Å². The highest BCUT2D eigenvalue weighted by atomic mass is 79.9. The lowest BCUT2D eigenvalue weighted by atomic mass is 10.1. The lowest BCUT2D eigenvalue weighted by Gasteiger charge is -2.23. The number of benzene rings is 3. The molecule has 27 heavy (non-hydrogen) atoms. The van der Waals surface area contributed by atoms with Gasteiger partial charge in [0.2, 0.25) is 6.79 Å². The Labute approximate surface area is 166 Å². The van der Waals surface area contributed by atoms with Crippen molar-refractivity contribution in [3.8, 4) is 11.5 Å². The van der Waals surface area contributed by atoms with Gasteiger partial charge in [-0.05, 0) is 41.5 Å². The Morgan fingerprint density at radius 1 is 0.852 bits per heavy atom. The molecule has 1 aliphatic heterocycles. The van der Waals surface area contributed by atoms with Crippen molar-refractivity contribution in [2.45, 2.75) is 13.1 Å². The van der Waals surface area contributed by atoms with Crippen LogP contribution < -0.4 is 9.47 Å². The minimum atomic E-state index is -0.0159. The Balaban J connectivity index is 1.62. The van der Waals surface area contributed by atoms with Crippen molar-refractivity contribution < 1.29 is 14.3 Å². The van der Waals surface area contributed by atoms with Crippen LogP contribution in [0.2, 0.25) is 0 Å². The number of fused-ring (bicyclic) bond motifs is 1. The van der Waals surface area contributed by atoms with Crippen molar-refractivity contribution >= 4 is 21.8 Å². The summed E-state index contributed by atoms with van der Waals surface area (Å²) >= 11 is 3.45. The average Bonchev–Trinajstić information content (AvgIpc) is 3.15. The van der Waals surface area contributed by atoms with E-state index in [-0.39, 0.29) is 12.7 Å². The lowest BCUT2D eigenvalue weighted by molar-refractivity contribution is 0.0730. The molecule has 3 aromatic carbocycles. The molecular weight excluding hydrogens is 406 g/mol. The number of rotatable bonds is 5. The molecule has 0 N–H and O–H groups in total. The van der Waals surface area contributed by atoms with Gasteiger partial charge in [0.05, 0.1) is 0 Å². The monoisotopic (exact) mass is 423 g/mol. The number of nitrogens with zero attached hydrogens (tertiary/aromatic N) is 1. The molecule has 4 nitrogen and oxygen atoms in total. The van der Waals surface area contributed by atoms with E-state index >= 15 is 0 Å². The first kappa shape index (κ1) is 17.6. The van der Waals surface area contributed by atoms with Crippen LogP contribution in [0.25, 0.3) is 0 Å². The second kappa shape index (κ2) is 7.84. The van der Waals surface area contributed by atoms with Gasteiger partial charge in [0.15, 0.2) is 11.5 Å². The standard InChI is InChI=1S/C22H18BrNO3/c23-19-8-4-7-18(12-19)22(25)24(13-16-5-2-1-3-6-16)14-17-9-10-20-21(11-17)27-15-26-20/h1-12H,13-15H2. The van der Waals surface area contributed by atoms with Crippen molar-refractivity contribution in [2.24, 2.45) is 0 Å². The molecule has 0 radical (unpaired) electrons. The number of hydrogen-bond donors (Lipinski definition) is 0. The van der Waals surface area contributed by atoms with Gasteiger partial charge in [0.1, 0.15) is 0 Å². The van der Waals surface area contributed by atoms with Crippen molar-refractivity contribution in [1.82, 2.24) is 4.90 Å². The number of hydrogen-bond acceptors (Lipinski definition) is 3. The minimum absolute atomic E-state index is 0.0159. The van der Waals surface area contributed by atoms with Crippen LogP contribution in [0.4, 0.5) is 0 Å². The third kappa shape index (κ3) is 4.14. The van der Waals surface area contributed by atoms with Crippen LogP contribution in [0.5, 0.6) is 11.5 Å². The zero-order chi connectivity index (χ0) is 18.6. The molecule has 0 saturated heterocycles. The molecule has 0 spiro atoms. The zero-order valence-electron chi connectivity index (χ0n) is 14.6. The van der Waals surface area contributed by atoms with E-state index in [9.17, 15) is 4.79 Å². The summed E-state index contributed by atoms with van der Waals surface area (Å²) in [7, 11) is 0. The molecule has 1 heterocycles. The van der Waals surface area contributed by atoms with Crippen LogP contribution in [0.1, 0.15) is 21.5 Å². The number of carbonyl (C=O) groups excluding carboxylic acids is 1. The fourth-order valence-electron chi connectivity index (χ4n) is 3.07. The summed E-state index contributed by atoms with van der Waals surface area (Å²) in [5.41, 5.74) is 2.74. The molecule has 0 saturated carbocycles. The van der Waals surface area contributed by atoms with Gasteiger partial charge in [-0.2, -0.15) is 0 Å². The average molecular weight is 424 g/mol. The molecule has 1 amide bonds. The summed E-state index contributed by atoms with van der Waals surface area (Å²) in [5.74, 6) is 1.45. The molecule has 136 valence electrons. The Kier molecular flexibility index (Phi) is 5.12. The van der Waals surface area contributed by atoms with E-state index in [1.165, 1.54) is 0 Å². The SMILES string of the molecule is O=C(c1cccc(Br)c1)N(Cc1ccccc1)Cc1ccc2c(c1)OCO2. The van der Waals surface area contributed by atoms with Gasteiger partial charge in [-0.25, -0.2) is 0 Å². The van der Waals surface area contributed by atoms with Crippen molar-refractivity contribution in [3.63, 3.8) is 0 Å². The Bertz CT molecular complexity index is 959. The lowest BCUT2D eigenvalue weighted by Crippen LogP contribution is -2.30. The maximum atomic E-state index is 13.2. The first-order valence-corrected chi connectivity index (χ1v) is 9.45. The molecule has 0 fully saturated rings. The first-order chi connectivity index (χ1) is 13.2. The maximum Gasteiger partial charge on any atom is 0.254 e. The van der Waals surface area contributed by atoms with Crippen molar-refractivity contribution in [3.05, 3.63) is 94.0 Å². The van der Waals surface area contributed by atoms with Crippen LogP contribution in [0.15, 0.2) is 77.3 Å². The quantitative estimate of drug-likeness (QED) is 0.578. The van der Waals surface area contributed by atoms with Gasteiger partial charge in [-0.15, -0.1) is 0 Å². The van der Waals surface area contributed by atoms with Gasteiger partial charge in [-0.3, -0.25) is 4.79 Å². The highest BCUT2D eigenvalue weighted by molar-refractivity contribution is 9.10. The zero-order valence-corrected chi connectivity index (χ0v) is 16.2. The fourth-order valence-corrected chi connectivity index (χ4v) is 3.47. The minimum Gasteiger partial charge on any atom is -0.454 e. The summed E-state index contributed by atoms with van der Waals surface area (Å²) in [6, 6.07) is 23.3. The third-order valence-electron chi connectivity index (χ3n) is 4.39. The van der Waals surface area contributed by atoms with Crippen LogP contribution in [-0.2, 0) is 13.1 Å². The van der Waals surface area contributed by atoms with E-state index in [1.807, 2.05) is 77.7 Å². The van der Waals surface area contributed by atoms with Gasteiger partial charge >= 0.3 is 0 Å². The summed E-state index contributed by atoms with van der Waals surface area (Å²) < 4.78 is 11.7. The highest BCUT2D eigenvalue weighted by Crippen LogP contribution is 2.33. The molecule has 4 rings (SSSR count). The van der Waals surface area contributed by atoms with Gasteiger partial charge < -0.3 is 14.4 Å². The number of amides is 1. The number of halogens is 1. The summed E-state index contributed by atoms with van der Waals surface area (Å²) in [5, 5.41) is 0. The first-order valence-electron chi connectivity index (χ1n) is 8.66. The van der Waals surface area contributed by atoms with Gasteiger partial charge in [0.25, 0.3) is 5.91 Å². The second-order valence-electron chi connectivity index (χ2n) is 6.34. The Morgan fingerprint density at radius 3 is 2.44 bits per heavy atom.